The summed E-state index contributed by atoms with van der Waals surface area (Å²) in [7, 11) is 0. The van der Waals surface area contributed by atoms with Gasteiger partial charge in [0.1, 0.15) is 0 Å². The van der Waals surface area contributed by atoms with Gasteiger partial charge in [-0.15, -0.1) is 12.4 Å². The van der Waals surface area contributed by atoms with Gasteiger partial charge in [0.25, 0.3) is 0 Å². The first-order valence-electron chi connectivity index (χ1n) is 12.0. The van der Waals surface area contributed by atoms with Crippen molar-refractivity contribution in [3.63, 3.8) is 0 Å². The summed E-state index contributed by atoms with van der Waals surface area (Å²) in [6, 6.07) is 9.32. The number of amides is 4. The number of allylic oxidation sites excluding steroid dienone is 1. The number of hydrogen-bond acceptors (Lipinski definition) is 5. The number of nitrogens with one attached hydrogen (secondary N) is 3. The molecule has 1 aromatic rings. The van der Waals surface area contributed by atoms with Gasteiger partial charge in [0.05, 0.1) is 11.8 Å². The summed E-state index contributed by atoms with van der Waals surface area (Å²) >= 11 is 0. The highest BCUT2D eigenvalue weighted by atomic mass is 35.5. The zero-order chi connectivity index (χ0) is 25.1. The maximum atomic E-state index is 13.5. The second-order valence-corrected chi connectivity index (χ2v) is 9.54. The Morgan fingerprint density at radius 1 is 1.09 bits per heavy atom. The number of urea groups is 1. The van der Waals surface area contributed by atoms with Gasteiger partial charge < -0.3 is 0 Å². The Labute approximate surface area is 214 Å². The zero-order valence-electron chi connectivity index (χ0n) is 21.1. The van der Waals surface area contributed by atoms with Gasteiger partial charge in [0.15, 0.2) is 0 Å². The number of halogens is 1. The van der Waals surface area contributed by atoms with Crippen LogP contribution in [-0.4, -0.2) is 52.7 Å². The molecule has 10 heteroatoms. The molecule has 0 spiro atoms. The fraction of sp³-hybridized carbons (Fsp3) is 0.560. The first-order valence-corrected chi connectivity index (χ1v) is 12.0. The van der Waals surface area contributed by atoms with Crippen LogP contribution in [0.3, 0.4) is 0 Å². The summed E-state index contributed by atoms with van der Waals surface area (Å²) in [5.41, 5.74) is 8.50. The quantitative estimate of drug-likeness (QED) is 0.284. The number of hydrazine groups is 2. The van der Waals surface area contributed by atoms with Crippen LogP contribution in [0.4, 0.5) is 4.79 Å². The zero-order valence-corrected chi connectivity index (χ0v) is 21.9. The molecular formula is C25H40ClN5O4. The Kier molecular flexibility index (Phi) is 13.4. The van der Waals surface area contributed by atoms with E-state index in [1.807, 2.05) is 70.2 Å². The third kappa shape index (κ3) is 9.87. The van der Waals surface area contributed by atoms with E-state index in [0.717, 1.165) is 12.0 Å². The van der Waals surface area contributed by atoms with Crippen LogP contribution in [0, 0.1) is 23.7 Å². The molecule has 1 aromatic carbocycles. The van der Waals surface area contributed by atoms with Crippen LogP contribution in [0.1, 0.15) is 52.5 Å². The number of nitrogens with zero attached hydrogens (tertiary/aromatic N) is 2. The summed E-state index contributed by atoms with van der Waals surface area (Å²) in [6.45, 7) is 9.48. The predicted octanol–water partition coefficient (Wildman–Crippen LogP) is 3.62. The highest BCUT2D eigenvalue weighted by molar-refractivity contribution is 5.88. The van der Waals surface area contributed by atoms with Crippen molar-refractivity contribution in [2.24, 2.45) is 23.7 Å². The Morgan fingerprint density at radius 2 is 1.77 bits per heavy atom. The lowest BCUT2D eigenvalue weighted by molar-refractivity contribution is -0.142. The normalized spacial score (nSPS) is 15.1. The van der Waals surface area contributed by atoms with Gasteiger partial charge in [-0.25, -0.2) is 20.7 Å². The number of carbonyl (C=O) groups is 3. The van der Waals surface area contributed by atoms with Gasteiger partial charge in [-0.05, 0) is 36.7 Å². The van der Waals surface area contributed by atoms with Gasteiger partial charge in [-0.3, -0.25) is 25.2 Å². The topological polar surface area (TPSA) is 114 Å². The molecule has 1 heterocycles. The van der Waals surface area contributed by atoms with Crippen LogP contribution in [0.15, 0.2) is 36.4 Å². The van der Waals surface area contributed by atoms with Crippen molar-refractivity contribution in [1.29, 1.82) is 0 Å². The minimum atomic E-state index is -0.798. The number of hydrogen-bond donors (Lipinski definition) is 4. The second-order valence-electron chi connectivity index (χ2n) is 9.54. The molecule has 0 aromatic heterocycles. The van der Waals surface area contributed by atoms with Crippen LogP contribution < -0.4 is 16.3 Å². The summed E-state index contributed by atoms with van der Waals surface area (Å²) in [5.74, 6) is -2.32. The molecule has 196 valence electrons. The molecule has 35 heavy (non-hydrogen) atoms. The van der Waals surface area contributed by atoms with Crippen molar-refractivity contribution in [3.05, 3.63) is 42.0 Å². The van der Waals surface area contributed by atoms with E-state index in [1.54, 1.807) is 5.48 Å². The van der Waals surface area contributed by atoms with Crippen molar-refractivity contribution in [3.8, 4) is 0 Å². The average Bonchev–Trinajstić information content (AvgIpc) is 3.34. The van der Waals surface area contributed by atoms with Crippen molar-refractivity contribution >= 4 is 36.3 Å². The van der Waals surface area contributed by atoms with E-state index in [4.69, 9.17) is 0 Å². The first-order chi connectivity index (χ1) is 16.2. The molecule has 0 saturated carbocycles. The maximum absolute atomic E-state index is 13.5. The minimum Gasteiger partial charge on any atom is -0.289 e. The van der Waals surface area contributed by atoms with Crippen LogP contribution in [0.25, 0.3) is 6.08 Å². The van der Waals surface area contributed by atoms with E-state index in [-0.39, 0.29) is 36.7 Å². The molecule has 4 amide bonds. The largest absolute Gasteiger partial charge is 0.353 e. The van der Waals surface area contributed by atoms with Gasteiger partial charge in [0, 0.05) is 19.6 Å². The molecule has 0 unspecified atom stereocenters. The van der Waals surface area contributed by atoms with Crippen LogP contribution in [-0.2, 0) is 9.59 Å². The van der Waals surface area contributed by atoms with Crippen LogP contribution in [0.5, 0.6) is 0 Å². The number of benzene rings is 1. The van der Waals surface area contributed by atoms with E-state index < -0.39 is 23.7 Å². The van der Waals surface area contributed by atoms with E-state index in [2.05, 4.69) is 10.9 Å². The van der Waals surface area contributed by atoms with Gasteiger partial charge in [-0.2, -0.15) is 0 Å². The van der Waals surface area contributed by atoms with Crippen LogP contribution in [0.2, 0.25) is 0 Å². The molecule has 9 nitrogen and oxygen atoms in total. The highest BCUT2D eigenvalue weighted by Gasteiger charge is 2.35. The Balaban J connectivity index is 0.00000612. The molecule has 1 fully saturated rings. The van der Waals surface area contributed by atoms with E-state index in [0.29, 0.717) is 26.1 Å². The van der Waals surface area contributed by atoms with Gasteiger partial charge >= 0.3 is 6.03 Å². The van der Waals surface area contributed by atoms with Crippen molar-refractivity contribution in [2.75, 3.05) is 19.6 Å². The summed E-state index contributed by atoms with van der Waals surface area (Å²) in [6.07, 6.45) is 5.25. The smallest absolute Gasteiger partial charge is 0.289 e. The number of carbonyl (C=O) groups excluding carboxylic acids is 3. The standard InChI is InChI=1S/C25H39N5O4.ClH/c1-18(2)16-22(21(24(32)28-34)13-8-12-20-10-6-5-7-11-20)23(31)27-30(17-19(3)4)25(33)29-15-9-14-26-29;/h5-8,10-12,18-19,21-22,26,34H,9,13-17H2,1-4H3,(H,27,31)(H,28,32);1H/b12-8+;/t21-,22+;/m0./s1. The average molecular weight is 510 g/mol. The fourth-order valence-corrected chi connectivity index (χ4v) is 4.01. The highest BCUT2D eigenvalue weighted by Crippen LogP contribution is 2.26. The molecule has 4 N–H and O–H groups in total. The lowest BCUT2D eigenvalue weighted by atomic mass is 9.82. The number of rotatable bonds is 10. The lowest BCUT2D eigenvalue weighted by Crippen LogP contribution is -2.57. The Morgan fingerprint density at radius 3 is 2.31 bits per heavy atom. The third-order valence-electron chi connectivity index (χ3n) is 5.61. The minimum absolute atomic E-state index is 0. The Hall–Kier alpha value is -2.62. The van der Waals surface area contributed by atoms with Gasteiger partial charge in [-0.1, -0.05) is 70.2 Å². The molecule has 0 aliphatic carbocycles. The first kappa shape index (κ1) is 30.4. The number of hydroxylamine groups is 1. The molecule has 1 saturated heterocycles. The molecule has 0 bridgehead atoms. The van der Waals surface area contributed by atoms with E-state index in [9.17, 15) is 19.6 Å². The molecule has 1 aliphatic heterocycles. The van der Waals surface area contributed by atoms with Crippen LogP contribution >= 0.6 is 12.4 Å². The third-order valence-corrected chi connectivity index (χ3v) is 5.61. The van der Waals surface area contributed by atoms with Crippen molar-refractivity contribution in [2.45, 2.75) is 47.0 Å². The summed E-state index contributed by atoms with van der Waals surface area (Å²) in [4.78, 5) is 39.1. The lowest BCUT2D eigenvalue weighted by Gasteiger charge is -2.32. The van der Waals surface area contributed by atoms with Gasteiger partial charge in [0.2, 0.25) is 11.8 Å². The SMILES string of the molecule is CC(C)C[C@@H](C(=O)NN(CC(C)C)C(=O)N1CCCN1)[C@H](C/C=C/c1ccccc1)C(=O)NO.Cl. The molecule has 0 radical (unpaired) electrons. The molecule has 1 aliphatic rings. The second kappa shape index (κ2) is 15.4. The monoisotopic (exact) mass is 509 g/mol. The molecule has 2 rings (SSSR count). The maximum Gasteiger partial charge on any atom is 0.353 e. The van der Waals surface area contributed by atoms with E-state index in [1.165, 1.54) is 10.0 Å². The fourth-order valence-electron chi connectivity index (χ4n) is 4.01. The predicted molar refractivity (Wildman–Crippen MR) is 138 cm³/mol. The van der Waals surface area contributed by atoms with Crippen molar-refractivity contribution < 1.29 is 19.6 Å². The van der Waals surface area contributed by atoms with Crippen molar-refractivity contribution in [1.82, 2.24) is 26.3 Å². The Bertz CT molecular complexity index is 828. The summed E-state index contributed by atoms with van der Waals surface area (Å²) in [5, 5.41) is 12.2. The van der Waals surface area contributed by atoms with E-state index >= 15 is 0 Å². The molecular weight excluding hydrogens is 470 g/mol. The summed E-state index contributed by atoms with van der Waals surface area (Å²) < 4.78 is 0. The molecule has 2 atom stereocenters.